The van der Waals surface area contributed by atoms with Gasteiger partial charge >= 0.3 is 6.01 Å². The van der Waals surface area contributed by atoms with Crippen molar-refractivity contribution in [2.45, 2.75) is 55.9 Å². The number of hydrogen-bond donors (Lipinski definition) is 0. The fraction of sp³-hybridized carbons (Fsp3) is 0.256. The second-order valence-corrected chi connectivity index (χ2v) is 17.7. The maximum atomic E-state index is 13.5. The van der Waals surface area contributed by atoms with Gasteiger partial charge < -0.3 is 23.7 Å². The van der Waals surface area contributed by atoms with Crippen LogP contribution < -0.4 is 23.7 Å². The number of halogens is 1. The molecule has 0 aliphatic carbocycles. The molecule has 0 unspecified atom stereocenters. The van der Waals surface area contributed by atoms with E-state index in [1.165, 1.54) is 33.4 Å². The smallest absolute Gasteiger partial charge is 0.316 e. The van der Waals surface area contributed by atoms with Gasteiger partial charge in [0.1, 0.15) is 32.8 Å². The third kappa shape index (κ3) is 13.1. The minimum atomic E-state index is -3.88. The molecule has 0 aliphatic rings. The first-order valence-corrected chi connectivity index (χ1v) is 22.0. The van der Waals surface area contributed by atoms with E-state index < -0.39 is 20.0 Å². The zero-order valence-corrected chi connectivity index (χ0v) is 36.9. The van der Waals surface area contributed by atoms with Crippen molar-refractivity contribution in [3.8, 4) is 29.0 Å². The van der Waals surface area contributed by atoms with Gasteiger partial charge in [-0.25, -0.2) is 36.8 Å². The van der Waals surface area contributed by atoms with Crippen LogP contribution >= 0.6 is 11.6 Å². The summed E-state index contributed by atoms with van der Waals surface area (Å²) in [6, 6.07) is 29.2. The van der Waals surface area contributed by atoms with Crippen LogP contribution in [0.2, 0.25) is 5.28 Å². The number of sulfonamides is 2. The topological polar surface area (TPSA) is 172 Å². The molecule has 0 saturated carbocycles. The molecular weight excluding hydrogens is 844 g/mol. The van der Waals surface area contributed by atoms with Gasteiger partial charge in [0.05, 0.1) is 59.3 Å². The van der Waals surface area contributed by atoms with E-state index in [1.54, 1.807) is 77.0 Å². The molecule has 2 heterocycles. The van der Waals surface area contributed by atoms with Gasteiger partial charge in [-0.2, -0.15) is 8.61 Å². The fourth-order valence-corrected chi connectivity index (χ4v) is 8.34. The summed E-state index contributed by atoms with van der Waals surface area (Å²) in [5.74, 6) is 2.80. The van der Waals surface area contributed by atoms with Gasteiger partial charge in [0.2, 0.25) is 25.3 Å². The molecule has 2 aromatic heterocycles. The van der Waals surface area contributed by atoms with Gasteiger partial charge in [0.25, 0.3) is 0 Å². The average Bonchev–Trinajstić information content (AvgIpc) is 3.27. The highest BCUT2D eigenvalue weighted by Crippen LogP contribution is 2.25. The Morgan fingerprint density at radius 1 is 0.475 bits per heavy atom. The van der Waals surface area contributed by atoms with E-state index in [0.29, 0.717) is 23.0 Å². The summed E-state index contributed by atoms with van der Waals surface area (Å²) < 4.78 is 82.4. The maximum Gasteiger partial charge on any atom is 0.316 e. The molecule has 6 rings (SSSR count). The normalized spacial score (nSPS) is 11.5. The van der Waals surface area contributed by atoms with E-state index in [4.69, 9.17) is 35.3 Å². The van der Waals surface area contributed by atoms with Gasteiger partial charge in [0.15, 0.2) is 0 Å². The first-order valence-electron chi connectivity index (χ1n) is 18.7. The zero-order chi connectivity index (χ0) is 44.0. The summed E-state index contributed by atoms with van der Waals surface area (Å²) in [5.41, 5.74) is 3.28. The van der Waals surface area contributed by atoms with Crippen molar-refractivity contribution < 1.29 is 40.5 Å². The predicted octanol–water partition coefficient (Wildman–Crippen LogP) is 7.21. The van der Waals surface area contributed by atoms with Crippen molar-refractivity contribution >= 4 is 31.6 Å². The number of nitrogens with zero attached hydrogens (tertiary/aromatic N) is 6. The Morgan fingerprint density at radius 2 is 0.738 bits per heavy atom. The van der Waals surface area contributed by atoms with Gasteiger partial charge in [-0.15, -0.1) is 0 Å². The number of aromatic nitrogens is 4. The number of benzene rings is 4. The number of hydrogen-bond acceptors (Lipinski definition) is 13. The quantitative estimate of drug-likeness (QED) is 0.0794. The summed E-state index contributed by atoms with van der Waals surface area (Å²) >= 11 is 5.70. The van der Waals surface area contributed by atoms with Crippen LogP contribution in [0.4, 0.5) is 0 Å². The molecule has 15 nitrogen and oxygen atoms in total. The van der Waals surface area contributed by atoms with Crippen LogP contribution in [0.5, 0.6) is 29.0 Å². The molecular formula is C43H47ClN6O9S2. The second-order valence-electron chi connectivity index (χ2n) is 13.5. The van der Waals surface area contributed by atoms with Gasteiger partial charge in [0, 0.05) is 26.2 Å². The van der Waals surface area contributed by atoms with Crippen LogP contribution in [-0.2, 0) is 46.2 Å². The minimum Gasteiger partial charge on any atom is -0.497 e. The van der Waals surface area contributed by atoms with Crippen LogP contribution in [-0.4, -0.2) is 79.9 Å². The molecule has 0 N–H and O–H groups in total. The summed E-state index contributed by atoms with van der Waals surface area (Å²) in [6.45, 7) is 4.37. The molecule has 0 fully saturated rings. The summed E-state index contributed by atoms with van der Waals surface area (Å²) in [4.78, 5) is 15.7. The van der Waals surface area contributed by atoms with Crippen LogP contribution in [0, 0.1) is 0 Å². The number of methoxy groups -OCH3 is 4. The highest BCUT2D eigenvalue weighted by Gasteiger charge is 2.28. The van der Waals surface area contributed by atoms with E-state index in [0.717, 1.165) is 22.3 Å². The third-order valence-electron chi connectivity index (χ3n) is 8.89. The first-order chi connectivity index (χ1) is 29.2. The van der Waals surface area contributed by atoms with Crippen molar-refractivity contribution in [2.24, 2.45) is 0 Å². The molecule has 6 aromatic rings. The molecule has 0 amide bonds. The summed E-state index contributed by atoms with van der Waals surface area (Å²) in [5, 5.41) is -0.0131. The Morgan fingerprint density at radius 3 is 0.984 bits per heavy atom. The van der Waals surface area contributed by atoms with Crippen molar-refractivity contribution in [3.63, 3.8) is 0 Å². The second kappa shape index (κ2) is 21.6. The molecule has 0 saturated heterocycles. The van der Waals surface area contributed by atoms with Crippen molar-refractivity contribution in [2.75, 3.05) is 28.4 Å². The van der Waals surface area contributed by atoms with Gasteiger partial charge in [-0.1, -0.05) is 48.5 Å². The van der Waals surface area contributed by atoms with Crippen molar-refractivity contribution in [1.82, 2.24) is 28.5 Å². The monoisotopic (exact) mass is 890 g/mol. The summed E-state index contributed by atoms with van der Waals surface area (Å²) in [7, 11) is -1.41. The Bertz CT molecular complexity index is 2400. The van der Waals surface area contributed by atoms with E-state index in [9.17, 15) is 16.8 Å². The molecule has 0 spiro atoms. The molecule has 0 radical (unpaired) electrons. The Kier molecular flexibility index (Phi) is 16.4. The van der Waals surface area contributed by atoms with Gasteiger partial charge in [-0.3, -0.25) is 0 Å². The van der Waals surface area contributed by atoms with E-state index in [2.05, 4.69) is 19.9 Å². The SMILES string of the molecule is COc1ccc(CN(Cc2ccc(OC)cc2)S(=O)(=O)c2cnc(Cl)nc2)cc1.COc1ccc(CN(Cc2ccc(OC)cc2)S(=O)(=O)c2cnc(OC(C)C)nc2)cc1. The lowest BCUT2D eigenvalue weighted by atomic mass is 10.2. The first kappa shape index (κ1) is 46.2. The Hall–Kier alpha value is -5.85. The van der Waals surface area contributed by atoms with Crippen LogP contribution in [0.25, 0.3) is 0 Å². The molecule has 322 valence electrons. The largest absolute Gasteiger partial charge is 0.497 e. The number of ether oxygens (including phenoxy) is 5. The highest BCUT2D eigenvalue weighted by atomic mass is 35.5. The number of rotatable bonds is 18. The lowest BCUT2D eigenvalue weighted by Gasteiger charge is -2.22. The fourth-order valence-electron chi connectivity index (χ4n) is 5.63. The van der Waals surface area contributed by atoms with Crippen LogP contribution in [0.15, 0.2) is 132 Å². The molecule has 0 aliphatic heterocycles. The predicted molar refractivity (Wildman–Crippen MR) is 230 cm³/mol. The summed E-state index contributed by atoms with van der Waals surface area (Å²) in [6.07, 6.45) is 4.85. The van der Waals surface area contributed by atoms with Crippen molar-refractivity contribution in [3.05, 3.63) is 149 Å². The lowest BCUT2D eigenvalue weighted by molar-refractivity contribution is 0.221. The third-order valence-corrected chi connectivity index (χ3v) is 12.6. The van der Waals surface area contributed by atoms with Gasteiger partial charge in [-0.05, 0) is 96.2 Å². The van der Waals surface area contributed by atoms with Crippen LogP contribution in [0.1, 0.15) is 36.1 Å². The zero-order valence-electron chi connectivity index (χ0n) is 34.5. The highest BCUT2D eigenvalue weighted by molar-refractivity contribution is 7.89. The Balaban J connectivity index is 0.000000232. The molecule has 18 heteroatoms. The maximum absolute atomic E-state index is 13.5. The molecule has 4 aromatic carbocycles. The van der Waals surface area contributed by atoms with Crippen LogP contribution in [0.3, 0.4) is 0 Å². The average molecular weight is 891 g/mol. The molecule has 0 atom stereocenters. The lowest BCUT2D eigenvalue weighted by Crippen LogP contribution is -2.30. The van der Waals surface area contributed by atoms with E-state index in [-0.39, 0.29) is 53.4 Å². The van der Waals surface area contributed by atoms with E-state index >= 15 is 0 Å². The standard InChI is InChI=1S/C23H27N3O5S.C20H20ClN3O4S/c1-17(2)31-23-24-13-22(14-25-23)32(27,28)26(15-18-5-9-20(29-3)10-6-18)16-19-7-11-21(30-4)12-8-19;1-27-17-7-3-15(4-8-17)13-24(14-16-5-9-18(28-2)10-6-16)29(25,26)19-11-22-20(21)23-12-19/h5-14,17H,15-16H2,1-4H3;3-12H,13-14H2,1-2H3. The molecule has 0 bridgehead atoms. The van der Waals surface area contributed by atoms with Crippen molar-refractivity contribution in [1.29, 1.82) is 0 Å². The minimum absolute atomic E-state index is 0.00405. The molecule has 61 heavy (non-hydrogen) atoms. The Labute approximate surface area is 362 Å². The van der Waals surface area contributed by atoms with E-state index in [1.807, 2.05) is 62.4 Å².